The van der Waals surface area contributed by atoms with Gasteiger partial charge in [-0.3, -0.25) is 14.5 Å². The maximum absolute atomic E-state index is 13.9. The van der Waals surface area contributed by atoms with E-state index in [1.165, 1.54) is 44.1 Å². The van der Waals surface area contributed by atoms with Crippen molar-refractivity contribution in [3.8, 4) is 0 Å². The molecule has 7 rings (SSSR count). The van der Waals surface area contributed by atoms with Gasteiger partial charge in [0.15, 0.2) is 0 Å². The number of amides is 2. The van der Waals surface area contributed by atoms with E-state index in [2.05, 4.69) is 34.5 Å². The summed E-state index contributed by atoms with van der Waals surface area (Å²) in [4.78, 5) is 31.9. The van der Waals surface area contributed by atoms with Crippen molar-refractivity contribution >= 4 is 11.8 Å². The predicted molar refractivity (Wildman–Crippen MR) is 156 cm³/mol. The van der Waals surface area contributed by atoms with E-state index < -0.39 is 12.1 Å². The first kappa shape index (κ1) is 27.5. The van der Waals surface area contributed by atoms with Crippen LogP contribution in [-0.2, 0) is 27.5 Å². The molecule has 4 saturated carbocycles. The van der Waals surface area contributed by atoms with E-state index in [9.17, 15) is 9.59 Å². The molecule has 0 spiro atoms. The monoisotopic (exact) mass is 543 g/mol. The Kier molecular flexibility index (Phi) is 8.27. The number of benzene rings is 2. The molecule has 4 aliphatic carbocycles. The highest BCUT2D eigenvalue weighted by Gasteiger charge is 2.51. The molecule has 0 aromatic heterocycles. The third-order valence-corrected chi connectivity index (χ3v) is 10.0. The second-order valence-electron chi connectivity index (χ2n) is 13.2. The highest BCUT2D eigenvalue weighted by Crippen LogP contribution is 2.61. The van der Waals surface area contributed by atoms with Gasteiger partial charge in [0.1, 0.15) is 6.04 Å². The zero-order chi connectivity index (χ0) is 27.5. The van der Waals surface area contributed by atoms with E-state index in [4.69, 9.17) is 4.74 Å². The summed E-state index contributed by atoms with van der Waals surface area (Å²) in [7, 11) is 0. The van der Waals surface area contributed by atoms with Crippen LogP contribution in [0.25, 0.3) is 0 Å². The van der Waals surface area contributed by atoms with E-state index in [0.29, 0.717) is 26.1 Å². The number of hydrogen-bond acceptors (Lipinski definition) is 4. The van der Waals surface area contributed by atoms with Crippen LogP contribution in [-0.4, -0.2) is 59.9 Å². The van der Waals surface area contributed by atoms with Crippen molar-refractivity contribution in [2.24, 2.45) is 23.2 Å². The molecule has 2 aromatic rings. The van der Waals surface area contributed by atoms with E-state index >= 15 is 0 Å². The number of nitrogens with one attached hydrogen (secondary N) is 1. The van der Waals surface area contributed by atoms with Crippen LogP contribution < -0.4 is 5.32 Å². The van der Waals surface area contributed by atoms with Gasteiger partial charge in [-0.2, -0.15) is 0 Å². The Morgan fingerprint density at radius 3 is 1.98 bits per heavy atom. The number of nitrogens with zero attached hydrogens (tertiary/aromatic N) is 2. The third-order valence-electron chi connectivity index (χ3n) is 10.0. The van der Waals surface area contributed by atoms with Crippen LogP contribution in [0.3, 0.4) is 0 Å². The lowest BCUT2D eigenvalue weighted by atomic mass is 9.49. The molecule has 4 bridgehead atoms. The largest absolute Gasteiger partial charge is 0.371 e. The van der Waals surface area contributed by atoms with Crippen LogP contribution in [0.5, 0.6) is 0 Å². The van der Waals surface area contributed by atoms with Crippen molar-refractivity contribution in [3.63, 3.8) is 0 Å². The number of hydrogen-bond donors (Lipinski definition) is 1. The van der Waals surface area contributed by atoms with Crippen molar-refractivity contribution < 1.29 is 14.3 Å². The van der Waals surface area contributed by atoms with Gasteiger partial charge >= 0.3 is 0 Å². The van der Waals surface area contributed by atoms with Crippen LogP contribution in [0.2, 0.25) is 0 Å². The average molecular weight is 544 g/mol. The zero-order valence-electron chi connectivity index (χ0n) is 24.0. The van der Waals surface area contributed by atoms with Crippen molar-refractivity contribution in [2.75, 3.05) is 26.2 Å². The molecule has 214 valence electrons. The van der Waals surface area contributed by atoms with Crippen LogP contribution >= 0.6 is 0 Å². The first-order valence-corrected chi connectivity index (χ1v) is 15.4. The van der Waals surface area contributed by atoms with Crippen LogP contribution in [0.4, 0.5) is 0 Å². The maximum atomic E-state index is 13.9. The lowest BCUT2D eigenvalue weighted by Crippen LogP contribution is -2.58. The minimum atomic E-state index is -0.675. The summed E-state index contributed by atoms with van der Waals surface area (Å²) in [6.07, 6.45) is 7.79. The zero-order valence-corrected chi connectivity index (χ0v) is 24.0. The quantitative estimate of drug-likeness (QED) is 0.457. The summed E-state index contributed by atoms with van der Waals surface area (Å²) in [6, 6.07) is 19.8. The summed E-state index contributed by atoms with van der Waals surface area (Å²) in [5.41, 5.74) is 2.50. The molecule has 2 aromatic carbocycles. The van der Waals surface area contributed by atoms with Gasteiger partial charge in [-0.1, -0.05) is 60.7 Å². The van der Waals surface area contributed by atoms with Gasteiger partial charge in [-0.25, -0.2) is 0 Å². The summed E-state index contributed by atoms with van der Waals surface area (Å²) >= 11 is 0. The smallest absolute Gasteiger partial charge is 0.247 e. The molecule has 5 aliphatic rings. The Morgan fingerprint density at radius 2 is 1.40 bits per heavy atom. The highest BCUT2D eigenvalue weighted by molar-refractivity contribution is 5.88. The molecule has 40 heavy (non-hydrogen) atoms. The summed E-state index contributed by atoms with van der Waals surface area (Å²) in [6.45, 7) is 6.23. The van der Waals surface area contributed by atoms with Crippen LogP contribution in [0.1, 0.15) is 63.0 Å². The Hall–Kier alpha value is -2.70. The molecule has 5 fully saturated rings. The fraction of sp³-hybridized carbons (Fsp3) is 0.588. The topological polar surface area (TPSA) is 61.9 Å². The molecule has 0 radical (unpaired) electrons. The molecule has 1 saturated heterocycles. The molecular weight excluding hydrogens is 498 g/mol. The highest BCUT2D eigenvalue weighted by atomic mass is 16.5. The van der Waals surface area contributed by atoms with Gasteiger partial charge in [0.25, 0.3) is 0 Å². The van der Waals surface area contributed by atoms with E-state index in [1.54, 1.807) is 0 Å². The second-order valence-corrected chi connectivity index (χ2v) is 13.2. The number of ether oxygens (including phenoxy) is 1. The Labute approximate surface area is 239 Å². The van der Waals surface area contributed by atoms with Crippen molar-refractivity contribution in [2.45, 2.75) is 77.2 Å². The molecule has 1 aliphatic heterocycles. The van der Waals surface area contributed by atoms with Crippen molar-refractivity contribution in [1.82, 2.24) is 15.1 Å². The van der Waals surface area contributed by atoms with E-state index in [-0.39, 0.29) is 17.2 Å². The number of carbonyl (C=O) groups is 2. The normalized spacial score (nSPS) is 29.2. The summed E-state index contributed by atoms with van der Waals surface area (Å²) in [5.74, 6) is 2.42. The van der Waals surface area contributed by atoms with Crippen LogP contribution in [0.15, 0.2) is 60.7 Å². The minimum Gasteiger partial charge on any atom is -0.371 e. The maximum Gasteiger partial charge on any atom is 0.247 e. The molecule has 1 heterocycles. The Bertz CT molecular complexity index is 1110. The Balaban J connectivity index is 1.10. The van der Waals surface area contributed by atoms with Gasteiger partial charge < -0.3 is 15.0 Å². The average Bonchev–Trinajstić information content (AvgIpc) is 2.95. The molecule has 6 heteroatoms. The molecular formula is C34H45N3O3. The molecule has 6 nitrogen and oxygen atoms in total. The lowest BCUT2D eigenvalue weighted by molar-refractivity contribution is -0.144. The number of piperazine rings is 1. The van der Waals surface area contributed by atoms with Gasteiger partial charge in [0, 0.05) is 39.1 Å². The first-order chi connectivity index (χ1) is 19.4. The number of rotatable bonds is 10. The Morgan fingerprint density at radius 1 is 0.850 bits per heavy atom. The summed E-state index contributed by atoms with van der Waals surface area (Å²) < 4.78 is 6.22. The van der Waals surface area contributed by atoms with Gasteiger partial charge in [-0.15, -0.1) is 0 Å². The number of carbonyl (C=O) groups excluding carboxylic acids is 2. The van der Waals surface area contributed by atoms with Crippen LogP contribution in [0, 0.1) is 23.2 Å². The predicted octanol–water partition coefficient (Wildman–Crippen LogP) is 5.03. The molecule has 2 amide bonds. The third kappa shape index (κ3) is 6.44. The molecule has 1 N–H and O–H groups in total. The minimum absolute atomic E-state index is 0.0150. The standard InChI is InChI=1S/C34H45N3O3/c1-25(40-24-27-10-6-3-7-11-27)32(33(39)37-14-12-36(13-15-37)23-26-8-4-2-5-9-26)35-31(38)22-34-19-28-16-29(20-34)18-30(17-28)21-34/h2-11,25,28-30,32H,12-24H2,1H3,(H,35,38)/t25?,28?,29?,30?,32-,34?/m0/s1. The second kappa shape index (κ2) is 12.0. The lowest BCUT2D eigenvalue weighted by Gasteiger charge is -2.56. The first-order valence-electron chi connectivity index (χ1n) is 15.4. The van der Waals surface area contributed by atoms with Gasteiger partial charge in [-0.05, 0) is 79.7 Å². The van der Waals surface area contributed by atoms with Gasteiger partial charge in [0.05, 0.1) is 12.7 Å². The SMILES string of the molecule is CC(OCc1ccccc1)[C@H](NC(=O)CC12CC3CC(CC(C3)C1)C2)C(=O)N1CCN(Cc2ccccc2)CC1. The molecule has 2 atom stereocenters. The van der Waals surface area contributed by atoms with E-state index in [0.717, 1.165) is 43.0 Å². The fourth-order valence-corrected chi connectivity index (χ4v) is 8.51. The van der Waals surface area contributed by atoms with Crippen molar-refractivity contribution in [1.29, 1.82) is 0 Å². The fourth-order valence-electron chi connectivity index (χ4n) is 8.51. The summed E-state index contributed by atoms with van der Waals surface area (Å²) in [5, 5.41) is 3.21. The molecule has 1 unspecified atom stereocenters. The van der Waals surface area contributed by atoms with Gasteiger partial charge in [0.2, 0.25) is 11.8 Å². The van der Waals surface area contributed by atoms with E-state index in [1.807, 2.05) is 48.2 Å². The van der Waals surface area contributed by atoms with Crippen molar-refractivity contribution in [3.05, 3.63) is 71.8 Å².